The molecule has 3 unspecified atom stereocenters. The van der Waals surface area contributed by atoms with Gasteiger partial charge in [-0.2, -0.15) is 0 Å². The third-order valence-corrected chi connectivity index (χ3v) is 8.38. The zero-order valence-corrected chi connectivity index (χ0v) is 27.5. The number of fused-ring (bicyclic) bond motifs is 1. The molecule has 41 heavy (non-hydrogen) atoms. The van der Waals surface area contributed by atoms with Crippen molar-refractivity contribution in [1.82, 2.24) is 0 Å². The number of benzene rings is 1. The minimum atomic E-state index is -0.118. The van der Waals surface area contributed by atoms with Gasteiger partial charge in [-0.3, -0.25) is 19.2 Å². The lowest BCUT2D eigenvalue weighted by molar-refractivity contribution is -0.130. The van der Waals surface area contributed by atoms with Crippen molar-refractivity contribution >= 4 is 23.1 Å². The van der Waals surface area contributed by atoms with Crippen LogP contribution in [0.4, 0.5) is 0 Å². The molecule has 0 saturated carbocycles. The lowest BCUT2D eigenvalue weighted by atomic mass is 9.70. The summed E-state index contributed by atoms with van der Waals surface area (Å²) in [6.45, 7) is 20.0. The Labute approximate surface area is 251 Å². The summed E-state index contributed by atoms with van der Waals surface area (Å²) in [5.41, 5.74) is 5.46. The quantitative estimate of drug-likeness (QED) is 0.107. The van der Waals surface area contributed by atoms with Gasteiger partial charge in [0.2, 0.25) is 0 Å². The summed E-state index contributed by atoms with van der Waals surface area (Å²) in [7, 11) is 0. The summed E-state index contributed by atoms with van der Waals surface area (Å²) in [4.78, 5) is 50.6. The maximum Gasteiger partial charge on any atom is 0.163 e. The zero-order chi connectivity index (χ0) is 31.1. The van der Waals surface area contributed by atoms with E-state index >= 15 is 0 Å². The SMILES string of the molecule is C=CCCCC(=O)CCc1cc(C(C)C)c2c(c1C)C(=O)CC(CC(CCC)C(CC)C(=O)CC(C)=O)C2.CCC. The van der Waals surface area contributed by atoms with Crippen molar-refractivity contribution < 1.29 is 19.2 Å². The van der Waals surface area contributed by atoms with Crippen LogP contribution in [0.2, 0.25) is 0 Å². The van der Waals surface area contributed by atoms with E-state index in [9.17, 15) is 19.2 Å². The van der Waals surface area contributed by atoms with Gasteiger partial charge in [0.25, 0.3) is 0 Å². The minimum absolute atomic E-state index is 0.0153. The molecule has 0 bridgehead atoms. The third kappa shape index (κ3) is 11.4. The lowest BCUT2D eigenvalue weighted by Gasteiger charge is -2.33. The number of ketones is 4. The maximum atomic E-state index is 13.6. The van der Waals surface area contributed by atoms with E-state index in [1.54, 1.807) is 0 Å². The van der Waals surface area contributed by atoms with E-state index in [1.165, 1.54) is 24.5 Å². The number of carbonyl (C=O) groups excluding carboxylic acids is 4. The van der Waals surface area contributed by atoms with E-state index in [-0.39, 0.29) is 53.2 Å². The Hall–Kier alpha value is -2.36. The average Bonchev–Trinajstić information content (AvgIpc) is 2.88. The van der Waals surface area contributed by atoms with Crippen LogP contribution >= 0.6 is 0 Å². The van der Waals surface area contributed by atoms with Crippen molar-refractivity contribution in [2.24, 2.45) is 17.8 Å². The number of Topliss-reactive ketones (excluding diaryl/α,β-unsaturated/α-hetero) is 4. The van der Waals surface area contributed by atoms with Crippen LogP contribution in [-0.2, 0) is 27.2 Å². The Morgan fingerprint density at radius 2 is 1.73 bits per heavy atom. The zero-order valence-electron chi connectivity index (χ0n) is 27.5. The fourth-order valence-electron chi connectivity index (χ4n) is 6.50. The monoisotopic (exact) mass is 566 g/mol. The highest BCUT2D eigenvalue weighted by molar-refractivity contribution is 6.01. The molecule has 0 N–H and O–H groups in total. The van der Waals surface area contributed by atoms with Crippen LogP contribution in [0.15, 0.2) is 18.7 Å². The van der Waals surface area contributed by atoms with Gasteiger partial charge in [0.1, 0.15) is 17.3 Å². The van der Waals surface area contributed by atoms with E-state index in [1.807, 2.05) is 19.9 Å². The number of rotatable bonds is 17. The van der Waals surface area contributed by atoms with Crippen molar-refractivity contribution in [1.29, 1.82) is 0 Å². The molecule has 0 saturated heterocycles. The van der Waals surface area contributed by atoms with E-state index in [2.05, 4.69) is 47.3 Å². The van der Waals surface area contributed by atoms with Gasteiger partial charge in [0, 0.05) is 30.7 Å². The second kappa shape index (κ2) is 18.9. The minimum Gasteiger partial charge on any atom is -0.300 e. The van der Waals surface area contributed by atoms with E-state index in [0.29, 0.717) is 25.7 Å². The van der Waals surface area contributed by atoms with E-state index in [4.69, 9.17) is 0 Å². The first kappa shape index (κ1) is 36.7. The highest BCUT2D eigenvalue weighted by Crippen LogP contribution is 2.40. The van der Waals surface area contributed by atoms with Gasteiger partial charge in [0.05, 0.1) is 6.42 Å². The Bertz CT molecular complexity index is 1030. The molecular formula is C37H58O4. The standard InChI is InChI=1S/C34H50O4.C3H8/c1-8-11-12-14-28(36)16-15-26-21-30(22(4)5)31-19-25(20-33(38)34(31)24(26)7)18-27(13-9-2)29(10-3)32(37)17-23(6)35;1-3-2/h8,21-22,25,27,29H,1,9-20H2,2-7H3;3H2,1-2H3. The van der Waals surface area contributed by atoms with Gasteiger partial charge >= 0.3 is 0 Å². The van der Waals surface area contributed by atoms with E-state index < -0.39 is 0 Å². The first-order valence-electron chi connectivity index (χ1n) is 16.3. The fraction of sp³-hybridized carbons (Fsp3) is 0.676. The van der Waals surface area contributed by atoms with Gasteiger partial charge in [-0.25, -0.2) is 0 Å². The summed E-state index contributed by atoms with van der Waals surface area (Å²) < 4.78 is 0. The number of carbonyl (C=O) groups is 4. The molecule has 4 heteroatoms. The Morgan fingerprint density at radius 3 is 2.27 bits per heavy atom. The normalized spacial score (nSPS) is 15.9. The van der Waals surface area contributed by atoms with Gasteiger partial charge in [-0.1, -0.05) is 72.9 Å². The molecule has 1 aromatic rings. The average molecular weight is 567 g/mol. The van der Waals surface area contributed by atoms with Gasteiger partial charge in [-0.15, -0.1) is 6.58 Å². The maximum absolute atomic E-state index is 13.6. The fourth-order valence-corrected chi connectivity index (χ4v) is 6.50. The number of aryl methyl sites for hydroxylation is 1. The second-order valence-electron chi connectivity index (χ2n) is 12.5. The van der Waals surface area contributed by atoms with Crippen LogP contribution in [0.1, 0.15) is 158 Å². The smallest absolute Gasteiger partial charge is 0.163 e. The van der Waals surface area contributed by atoms with Gasteiger partial charge in [-0.05, 0) is 92.4 Å². The molecule has 0 radical (unpaired) electrons. The topological polar surface area (TPSA) is 68.3 Å². The van der Waals surface area contributed by atoms with Crippen molar-refractivity contribution in [3.63, 3.8) is 0 Å². The highest BCUT2D eigenvalue weighted by atomic mass is 16.1. The molecule has 0 aromatic heterocycles. The molecule has 0 heterocycles. The summed E-state index contributed by atoms with van der Waals surface area (Å²) >= 11 is 0. The summed E-state index contributed by atoms with van der Waals surface area (Å²) in [6, 6.07) is 2.25. The molecule has 0 fully saturated rings. The first-order chi connectivity index (χ1) is 19.4. The molecular weight excluding hydrogens is 508 g/mol. The van der Waals surface area contributed by atoms with Crippen LogP contribution in [0.5, 0.6) is 0 Å². The predicted octanol–water partition coefficient (Wildman–Crippen LogP) is 9.52. The Morgan fingerprint density at radius 1 is 1.07 bits per heavy atom. The van der Waals surface area contributed by atoms with Crippen LogP contribution in [-0.4, -0.2) is 23.1 Å². The van der Waals surface area contributed by atoms with Crippen molar-refractivity contribution in [2.45, 2.75) is 145 Å². The molecule has 2 rings (SSSR count). The first-order valence-corrected chi connectivity index (χ1v) is 16.3. The molecule has 0 aliphatic heterocycles. The Kier molecular flexibility index (Phi) is 16.9. The molecule has 0 amide bonds. The summed E-state index contributed by atoms with van der Waals surface area (Å²) in [5, 5.41) is 0. The second-order valence-corrected chi connectivity index (χ2v) is 12.5. The molecule has 1 aromatic carbocycles. The molecule has 3 atom stereocenters. The lowest BCUT2D eigenvalue weighted by Crippen LogP contribution is -2.30. The van der Waals surface area contributed by atoms with Gasteiger partial charge < -0.3 is 0 Å². The van der Waals surface area contributed by atoms with Crippen molar-refractivity contribution in [2.75, 3.05) is 0 Å². The van der Waals surface area contributed by atoms with Crippen LogP contribution in [0.3, 0.4) is 0 Å². The van der Waals surface area contributed by atoms with Crippen LogP contribution < -0.4 is 0 Å². The van der Waals surface area contributed by atoms with Gasteiger partial charge in [0.15, 0.2) is 5.78 Å². The third-order valence-electron chi connectivity index (χ3n) is 8.38. The highest BCUT2D eigenvalue weighted by Gasteiger charge is 2.34. The van der Waals surface area contributed by atoms with Crippen molar-refractivity contribution in [3.8, 4) is 0 Å². The molecule has 1 aliphatic carbocycles. The van der Waals surface area contributed by atoms with Crippen LogP contribution in [0, 0.1) is 24.7 Å². The predicted molar refractivity (Wildman–Crippen MR) is 172 cm³/mol. The Balaban J connectivity index is 0.00000268. The van der Waals surface area contributed by atoms with Crippen LogP contribution in [0.25, 0.3) is 0 Å². The summed E-state index contributed by atoms with van der Waals surface area (Å²) in [5.74, 6) is 1.03. The molecule has 0 spiro atoms. The van der Waals surface area contributed by atoms with Crippen molar-refractivity contribution in [3.05, 3.63) is 46.5 Å². The number of unbranched alkanes of at least 4 members (excludes halogenated alkanes) is 1. The molecule has 230 valence electrons. The molecule has 1 aliphatic rings. The largest absolute Gasteiger partial charge is 0.300 e. The number of hydrogen-bond donors (Lipinski definition) is 0. The summed E-state index contributed by atoms with van der Waals surface area (Å²) in [6.07, 6.45) is 11.5. The number of hydrogen-bond acceptors (Lipinski definition) is 4. The van der Waals surface area contributed by atoms with E-state index in [0.717, 1.165) is 61.6 Å². The molecule has 4 nitrogen and oxygen atoms in total. The number of allylic oxidation sites excluding steroid dienone is 1.